The summed E-state index contributed by atoms with van der Waals surface area (Å²) in [6.45, 7) is 2.22. The maximum Gasteiger partial charge on any atom is 0.208 e. The molecule has 27 heavy (non-hydrogen) atoms. The van der Waals surface area contributed by atoms with Crippen molar-refractivity contribution in [3.8, 4) is 17.3 Å². The first-order valence-corrected chi connectivity index (χ1v) is 9.46. The predicted molar refractivity (Wildman–Crippen MR) is 101 cm³/mol. The molecule has 0 fully saturated rings. The van der Waals surface area contributed by atoms with Crippen LogP contribution in [0.2, 0.25) is 5.02 Å². The van der Waals surface area contributed by atoms with Gasteiger partial charge in [0.2, 0.25) is 10.9 Å². The van der Waals surface area contributed by atoms with Crippen LogP contribution < -0.4 is 4.74 Å². The fraction of sp³-hybridized carbons (Fsp3) is 0.167. The Morgan fingerprint density at radius 2 is 2.15 bits per heavy atom. The normalized spacial score (nSPS) is 11.0. The minimum absolute atomic E-state index is 0.293. The zero-order valence-electron chi connectivity index (χ0n) is 14.3. The number of aryl methyl sites for hydroxylation is 1. The van der Waals surface area contributed by atoms with Gasteiger partial charge in [-0.3, -0.25) is 5.10 Å². The van der Waals surface area contributed by atoms with E-state index >= 15 is 0 Å². The number of H-pyrrole nitrogens is 1. The van der Waals surface area contributed by atoms with Crippen LogP contribution in [0.4, 0.5) is 0 Å². The van der Waals surface area contributed by atoms with Gasteiger partial charge in [-0.25, -0.2) is 4.98 Å². The van der Waals surface area contributed by atoms with E-state index in [1.54, 1.807) is 12.3 Å². The highest BCUT2D eigenvalue weighted by Crippen LogP contribution is 2.25. The summed E-state index contributed by atoms with van der Waals surface area (Å²) >= 11 is 7.46. The molecular weight excluding hydrogens is 388 g/mol. The number of nitrogens with zero attached hydrogens (tertiary/aromatic N) is 3. The number of aromatic nitrogens is 4. The molecule has 1 N–H and O–H groups in total. The molecule has 4 rings (SSSR count). The van der Waals surface area contributed by atoms with E-state index in [2.05, 4.69) is 20.3 Å². The van der Waals surface area contributed by atoms with Crippen LogP contribution in [-0.2, 0) is 12.4 Å². The number of aromatic amines is 1. The molecule has 0 aliphatic heterocycles. The van der Waals surface area contributed by atoms with Crippen LogP contribution in [0.25, 0.3) is 11.5 Å². The summed E-state index contributed by atoms with van der Waals surface area (Å²) in [5.41, 5.74) is 1.75. The molecule has 1 aromatic carbocycles. The molecule has 4 aromatic rings. The molecule has 0 radical (unpaired) electrons. The molecule has 0 saturated heterocycles. The third-order valence-corrected chi connectivity index (χ3v) is 4.99. The van der Waals surface area contributed by atoms with Gasteiger partial charge in [-0.15, -0.1) is 5.10 Å². The summed E-state index contributed by atoms with van der Waals surface area (Å²) in [5, 5.41) is 12.4. The van der Waals surface area contributed by atoms with E-state index < -0.39 is 0 Å². The van der Waals surface area contributed by atoms with E-state index in [0.717, 1.165) is 17.0 Å². The van der Waals surface area contributed by atoms with Crippen LogP contribution >= 0.6 is 23.4 Å². The highest BCUT2D eigenvalue weighted by molar-refractivity contribution is 7.98. The number of hydrogen-bond donors (Lipinski definition) is 1. The van der Waals surface area contributed by atoms with E-state index in [9.17, 15) is 0 Å². The van der Waals surface area contributed by atoms with Gasteiger partial charge < -0.3 is 13.7 Å². The van der Waals surface area contributed by atoms with Gasteiger partial charge in [-0.2, -0.15) is 0 Å². The molecule has 7 nitrogen and oxygen atoms in total. The highest BCUT2D eigenvalue weighted by atomic mass is 35.5. The largest absolute Gasteiger partial charge is 0.486 e. The Labute approximate surface area is 164 Å². The van der Waals surface area contributed by atoms with Gasteiger partial charge in [0.1, 0.15) is 12.4 Å². The summed E-state index contributed by atoms with van der Waals surface area (Å²) in [4.78, 5) is 4.41. The van der Waals surface area contributed by atoms with Crippen molar-refractivity contribution in [2.45, 2.75) is 24.4 Å². The van der Waals surface area contributed by atoms with Crippen molar-refractivity contribution in [1.82, 2.24) is 20.3 Å². The maximum atomic E-state index is 6.01. The summed E-state index contributed by atoms with van der Waals surface area (Å²) < 4.78 is 16.3. The van der Waals surface area contributed by atoms with Gasteiger partial charge in [0.15, 0.2) is 11.6 Å². The van der Waals surface area contributed by atoms with E-state index in [-0.39, 0.29) is 0 Å². The molecule has 0 aliphatic rings. The summed E-state index contributed by atoms with van der Waals surface area (Å²) in [5.74, 6) is 3.20. The van der Waals surface area contributed by atoms with Gasteiger partial charge in [0.05, 0.1) is 12.0 Å². The number of furan rings is 1. The standard InChI is InChI=1S/C18H15ClN4O3S/c1-11-7-13(4-5-14(11)19)25-9-17-20-18(22-21-17)27-10-12-8-16(26-23-12)15-3-2-6-24-15/h2-8H,9-10H2,1H3,(H,20,21,22). The fourth-order valence-electron chi connectivity index (χ4n) is 2.32. The molecule has 0 aliphatic carbocycles. The molecule has 0 saturated carbocycles. The lowest BCUT2D eigenvalue weighted by Crippen LogP contribution is -1.98. The Morgan fingerprint density at radius 3 is 2.96 bits per heavy atom. The average Bonchev–Trinajstić information content (AvgIpc) is 3.42. The number of thioether (sulfide) groups is 1. The van der Waals surface area contributed by atoms with Gasteiger partial charge in [0.25, 0.3) is 0 Å². The second-order valence-electron chi connectivity index (χ2n) is 5.71. The Bertz CT molecular complexity index is 1030. The second-order valence-corrected chi connectivity index (χ2v) is 7.06. The second kappa shape index (κ2) is 7.89. The first-order chi connectivity index (χ1) is 13.2. The zero-order valence-corrected chi connectivity index (χ0v) is 15.9. The van der Waals surface area contributed by atoms with Crippen molar-refractivity contribution in [1.29, 1.82) is 0 Å². The molecule has 0 spiro atoms. The number of hydrogen-bond acceptors (Lipinski definition) is 7. The SMILES string of the molecule is Cc1cc(OCc2nc(SCc3cc(-c4ccco4)on3)n[nH]2)ccc1Cl. The molecule has 138 valence electrons. The minimum Gasteiger partial charge on any atom is -0.486 e. The quantitative estimate of drug-likeness (QED) is 0.440. The lowest BCUT2D eigenvalue weighted by molar-refractivity contribution is 0.296. The van der Waals surface area contributed by atoms with Gasteiger partial charge in [-0.05, 0) is 42.8 Å². The molecule has 0 atom stereocenters. The average molecular weight is 403 g/mol. The monoisotopic (exact) mass is 402 g/mol. The molecule has 0 amide bonds. The Morgan fingerprint density at radius 1 is 1.22 bits per heavy atom. The number of ether oxygens (including phenoxy) is 1. The molecule has 3 heterocycles. The van der Waals surface area contributed by atoms with Crippen LogP contribution in [0.1, 0.15) is 17.1 Å². The van der Waals surface area contributed by atoms with Crippen LogP contribution in [0.5, 0.6) is 5.75 Å². The first-order valence-electron chi connectivity index (χ1n) is 8.10. The lowest BCUT2D eigenvalue weighted by atomic mass is 10.2. The minimum atomic E-state index is 0.293. The molecule has 3 aromatic heterocycles. The van der Waals surface area contributed by atoms with Crippen molar-refractivity contribution in [2.75, 3.05) is 0 Å². The molecule has 0 unspecified atom stereocenters. The van der Waals surface area contributed by atoms with E-state index in [1.165, 1.54) is 11.8 Å². The van der Waals surface area contributed by atoms with Gasteiger partial charge >= 0.3 is 0 Å². The fourth-order valence-corrected chi connectivity index (χ4v) is 3.13. The summed E-state index contributed by atoms with van der Waals surface area (Å²) in [6.07, 6.45) is 1.59. The van der Waals surface area contributed by atoms with Gasteiger partial charge in [-0.1, -0.05) is 28.5 Å². The Kier molecular flexibility index (Phi) is 5.17. The van der Waals surface area contributed by atoms with Crippen molar-refractivity contribution in [3.63, 3.8) is 0 Å². The maximum absolute atomic E-state index is 6.01. The van der Waals surface area contributed by atoms with E-state index in [0.29, 0.717) is 39.9 Å². The number of nitrogens with one attached hydrogen (secondary N) is 1. The van der Waals surface area contributed by atoms with Crippen LogP contribution in [-0.4, -0.2) is 20.3 Å². The van der Waals surface area contributed by atoms with Crippen molar-refractivity contribution >= 4 is 23.4 Å². The number of rotatable bonds is 7. The zero-order chi connectivity index (χ0) is 18.6. The third-order valence-electron chi connectivity index (χ3n) is 3.69. The third kappa shape index (κ3) is 4.35. The molecule has 9 heteroatoms. The highest BCUT2D eigenvalue weighted by Gasteiger charge is 2.11. The predicted octanol–water partition coefficient (Wildman–Crippen LogP) is 4.89. The molecular formula is C18H15ClN4O3S. The van der Waals surface area contributed by atoms with Crippen LogP contribution in [0.3, 0.4) is 0 Å². The molecule has 0 bridgehead atoms. The first kappa shape index (κ1) is 17.7. The van der Waals surface area contributed by atoms with E-state index in [4.69, 9.17) is 25.3 Å². The van der Waals surface area contributed by atoms with Crippen molar-refractivity contribution in [3.05, 3.63) is 64.8 Å². The number of halogens is 1. The Balaban J connectivity index is 1.31. The number of benzene rings is 1. The Hall–Kier alpha value is -2.71. The van der Waals surface area contributed by atoms with Crippen molar-refractivity contribution < 1.29 is 13.7 Å². The summed E-state index contributed by atoms with van der Waals surface area (Å²) in [6, 6.07) is 11.0. The topological polar surface area (TPSA) is 90.0 Å². The van der Waals surface area contributed by atoms with Gasteiger partial charge in [0, 0.05) is 16.8 Å². The van der Waals surface area contributed by atoms with Crippen LogP contribution in [0.15, 0.2) is 56.8 Å². The van der Waals surface area contributed by atoms with Crippen LogP contribution in [0, 0.1) is 6.92 Å². The summed E-state index contributed by atoms with van der Waals surface area (Å²) in [7, 11) is 0. The smallest absolute Gasteiger partial charge is 0.208 e. The van der Waals surface area contributed by atoms with Crippen molar-refractivity contribution in [2.24, 2.45) is 0 Å². The van der Waals surface area contributed by atoms with E-state index in [1.807, 2.05) is 37.3 Å². The lowest BCUT2D eigenvalue weighted by Gasteiger charge is -2.05.